The van der Waals surface area contributed by atoms with Gasteiger partial charge in [0.1, 0.15) is 17.1 Å². The number of carbonyl (C=O) groups is 1. The molecule has 1 aromatic heterocycles. The average Bonchev–Trinajstić information content (AvgIpc) is 2.41. The van der Waals surface area contributed by atoms with E-state index in [9.17, 15) is 4.79 Å². The molecular formula is C13H11BrN2O3. The minimum Gasteiger partial charge on any atom is -0.495 e. The molecule has 0 aliphatic rings. The lowest BCUT2D eigenvalue weighted by Crippen LogP contribution is -2.04. The van der Waals surface area contributed by atoms with Crippen molar-refractivity contribution in [1.82, 2.24) is 4.98 Å². The van der Waals surface area contributed by atoms with Gasteiger partial charge >= 0.3 is 5.97 Å². The number of rotatable bonds is 4. The van der Waals surface area contributed by atoms with Crippen LogP contribution in [0.1, 0.15) is 10.4 Å². The molecule has 0 unspecified atom stereocenters. The van der Waals surface area contributed by atoms with Gasteiger partial charge in [0.25, 0.3) is 0 Å². The van der Waals surface area contributed by atoms with E-state index in [-0.39, 0.29) is 5.56 Å². The van der Waals surface area contributed by atoms with Crippen molar-refractivity contribution >= 4 is 33.4 Å². The summed E-state index contributed by atoms with van der Waals surface area (Å²) in [4.78, 5) is 15.1. The molecule has 0 fully saturated rings. The Balaban J connectivity index is 2.34. The molecule has 2 aromatic rings. The van der Waals surface area contributed by atoms with Crippen molar-refractivity contribution in [3.63, 3.8) is 0 Å². The molecule has 0 radical (unpaired) electrons. The fourth-order valence-electron chi connectivity index (χ4n) is 1.55. The Bertz CT molecular complexity index is 617. The normalized spacial score (nSPS) is 10.0. The predicted octanol–water partition coefficient (Wildman–Crippen LogP) is 3.29. The van der Waals surface area contributed by atoms with E-state index < -0.39 is 5.97 Å². The molecule has 5 nitrogen and oxygen atoms in total. The van der Waals surface area contributed by atoms with Gasteiger partial charge in [0.15, 0.2) is 0 Å². The number of methoxy groups -OCH3 is 1. The van der Waals surface area contributed by atoms with Crippen LogP contribution in [-0.4, -0.2) is 23.2 Å². The Kier molecular flexibility index (Phi) is 4.01. The van der Waals surface area contributed by atoms with Gasteiger partial charge in [0.05, 0.1) is 11.6 Å². The number of ether oxygens (including phenoxy) is 1. The fourth-order valence-corrected chi connectivity index (χ4v) is 1.96. The highest BCUT2D eigenvalue weighted by atomic mass is 79.9. The Hall–Kier alpha value is -2.08. The van der Waals surface area contributed by atoms with Crippen molar-refractivity contribution in [3.8, 4) is 5.75 Å². The van der Waals surface area contributed by atoms with E-state index in [4.69, 9.17) is 9.84 Å². The summed E-state index contributed by atoms with van der Waals surface area (Å²) in [5.41, 5.74) is 0.811. The smallest absolute Gasteiger partial charge is 0.339 e. The van der Waals surface area contributed by atoms with Crippen molar-refractivity contribution in [1.29, 1.82) is 0 Å². The lowest BCUT2D eigenvalue weighted by molar-refractivity contribution is 0.0697. The summed E-state index contributed by atoms with van der Waals surface area (Å²) in [5, 5.41) is 12.0. The van der Waals surface area contributed by atoms with E-state index in [0.29, 0.717) is 17.3 Å². The molecule has 98 valence electrons. The molecule has 0 bridgehead atoms. The van der Waals surface area contributed by atoms with Crippen LogP contribution in [0.2, 0.25) is 0 Å². The third kappa shape index (κ3) is 3.03. The number of anilines is 2. The van der Waals surface area contributed by atoms with E-state index >= 15 is 0 Å². The number of hydrogen-bond donors (Lipinski definition) is 2. The molecule has 0 aliphatic carbocycles. The quantitative estimate of drug-likeness (QED) is 0.903. The molecule has 1 heterocycles. The standard InChI is InChI=1S/C13H11BrN2O3/c1-19-11-7-8(4-5-10(11)14)16-12-9(13(17)18)3-2-6-15-12/h2-7H,1H3,(H,15,16)(H,17,18). The highest BCUT2D eigenvalue weighted by Gasteiger charge is 2.11. The molecule has 0 amide bonds. The molecule has 0 aliphatic heterocycles. The number of carboxylic acids is 1. The highest BCUT2D eigenvalue weighted by molar-refractivity contribution is 9.10. The second-order valence-corrected chi connectivity index (χ2v) is 4.53. The summed E-state index contributed by atoms with van der Waals surface area (Å²) < 4.78 is 6.00. The van der Waals surface area contributed by atoms with E-state index in [1.807, 2.05) is 6.07 Å². The second-order valence-electron chi connectivity index (χ2n) is 3.68. The fraction of sp³-hybridized carbons (Fsp3) is 0.0769. The summed E-state index contributed by atoms with van der Waals surface area (Å²) >= 11 is 3.35. The first-order valence-corrected chi connectivity index (χ1v) is 6.20. The van der Waals surface area contributed by atoms with Gasteiger partial charge in [-0.25, -0.2) is 9.78 Å². The average molecular weight is 323 g/mol. The van der Waals surface area contributed by atoms with Crippen molar-refractivity contribution in [3.05, 3.63) is 46.6 Å². The monoisotopic (exact) mass is 322 g/mol. The maximum Gasteiger partial charge on any atom is 0.339 e. The summed E-state index contributed by atoms with van der Waals surface area (Å²) in [7, 11) is 1.56. The SMILES string of the molecule is COc1cc(Nc2ncccc2C(=O)O)ccc1Br. The lowest BCUT2D eigenvalue weighted by Gasteiger charge is -2.10. The number of halogens is 1. The third-order valence-electron chi connectivity index (χ3n) is 2.45. The molecule has 0 saturated heterocycles. The Morgan fingerprint density at radius 3 is 2.89 bits per heavy atom. The van der Waals surface area contributed by atoms with Crippen LogP contribution in [0.3, 0.4) is 0 Å². The number of aromatic nitrogens is 1. The van der Waals surface area contributed by atoms with Crippen molar-refractivity contribution in [2.24, 2.45) is 0 Å². The maximum absolute atomic E-state index is 11.1. The Morgan fingerprint density at radius 1 is 1.42 bits per heavy atom. The third-order valence-corrected chi connectivity index (χ3v) is 3.11. The van der Waals surface area contributed by atoms with E-state index in [1.165, 1.54) is 12.3 Å². The number of hydrogen-bond acceptors (Lipinski definition) is 4. The van der Waals surface area contributed by atoms with Gasteiger partial charge in [-0.15, -0.1) is 0 Å². The molecule has 0 saturated carbocycles. The Morgan fingerprint density at radius 2 is 2.21 bits per heavy atom. The molecule has 2 N–H and O–H groups in total. The van der Waals surface area contributed by atoms with Crippen molar-refractivity contribution in [2.45, 2.75) is 0 Å². The number of nitrogens with zero attached hydrogens (tertiary/aromatic N) is 1. The van der Waals surface area contributed by atoms with Crippen LogP contribution in [-0.2, 0) is 0 Å². The van der Waals surface area contributed by atoms with Gasteiger partial charge in [-0.3, -0.25) is 0 Å². The maximum atomic E-state index is 11.1. The van der Waals surface area contributed by atoms with E-state index in [2.05, 4.69) is 26.2 Å². The molecule has 19 heavy (non-hydrogen) atoms. The first-order chi connectivity index (χ1) is 9.11. The zero-order valence-electron chi connectivity index (χ0n) is 10.1. The Labute approximate surface area is 118 Å². The summed E-state index contributed by atoms with van der Waals surface area (Å²) in [6.07, 6.45) is 1.53. The molecule has 6 heteroatoms. The minimum absolute atomic E-state index is 0.115. The van der Waals surface area contributed by atoms with Crippen LogP contribution in [0.5, 0.6) is 5.75 Å². The predicted molar refractivity (Wildman–Crippen MR) is 75.2 cm³/mol. The molecule has 0 spiro atoms. The number of benzene rings is 1. The van der Waals surface area contributed by atoms with Crippen LogP contribution >= 0.6 is 15.9 Å². The molecule has 2 rings (SSSR count). The number of aromatic carboxylic acids is 1. The van der Waals surface area contributed by atoms with E-state index in [0.717, 1.165) is 4.47 Å². The van der Waals surface area contributed by atoms with Gasteiger partial charge < -0.3 is 15.2 Å². The van der Waals surface area contributed by atoms with Gasteiger partial charge in [0.2, 0.25) is 0 Å². The summed E-state index contributed by atoms with van der Waals surface area (Å²) in [5.74, 6) is -0.0862. The lowest BCUT2D eigenvalue weighted by atomic mass is 10.2. The minimum atomic E-state index is -1.03. The molecule has 0 atom stereocenters. The molecule has 1 aromatic carbocycles. The van der Waals surface area contributed by atoms with Crippen LogP contribution in [0.25, 0.3) is 0 Å². The molecular weight excluding hydrogens is 312 g/mol. The summed E-state index contributed by atoms with van der Waals surface area (Å²) in [6.45, 7) is 0. The van der Waals surface area contributed by atoms with Crippen molar-refractivity contribution in [2.75, 3.05) is 12.4 Å². The highest BCUT2D eigenvalue weighted by Crippen LogP contribution is 2.29. The first kappa shape index (κ1) is 13.4. The first-order valence-electron chi connectivity index (χ1n) is 5.40. The van der Waals surface area contributed by atoms with Crippen LogP contribution in [0.15, 0.2) is 41.0 Å². The number of nitrogens with one attached hydrogen (secondary N) is 1. The van der Waals surface area contributed by atoms with Crippen LogP contribution in [0, 0.1) is 0 Å². The number of carboxylic acid groups (broad SMARTS) is 1. The summed E-state index contributed by atoms with van der Waals surface area (Å²) in [6, 6.07) is 8.44. The topological polar surface area (TPSA) is 71.5 Å². The van der Waals surface area contributed by atoms with Gasteiger partial charge in [-0.05, 0) is 40.2 Å². The van der Waals surface area contributed by atoms with E-state index in [1.54, 1.807) is 25.3 Å². The number of pyridine rings is 1. The second kappa shape index (κ2) is 5.71. The van der Waals surface area contributed by atoms with Gasteiger partial charge in [-0.1, -0.05) is 0 Å². The van der Waals surface area contributed by atoms with Gasteiger partial charge in [-0.2, -0.15) is 0 Å². The van der Waals surface area contributed by atoms with Crippen molar-refractivity contribution < 1.29 is 14.6 Å². The zero-order valence-corrected chi connectivity index (χ0v) is 11.6. The van der Waals surface area contributed by atoms with Crippen LogP contribution < -0.4 is 10.1 Å². The largest absolute Gasteiger partial charge is 0.495 e. The zero-order chi connectivity index (χ0) is 13.8. The van der Waals surface area contributed by atoms with Crippen LogP contribution in [0.4, 0.5) is 11.5 Å². The van der Waals surface area contributed by atoms with Gasteiger partial charge in [0, 0.05) is 18.0 Å².